The summed E-state index contributed by atoms with van der Waals surface area (Å²) in [5.41, 5.74) is 2.00. The molecule has 3 aromatic rings. The van der Waals surface area contributed by atoms with Crippen molar-refractivity contribution in [2.24, 2.45) is 5.92 Å². The first-order valence-electron chi connectivity index (χ1n) is 8.61. The van der Waals surface area contributed by atoms with Gasteiger partial charge < -0.3 is 14.5 Å². The lowest BCUT2D eigenvalue weighted by atomic mass is 10.0. The molecule has 0 aliphatic heterocycles. The number of thioether (sulfide) groups is 1. The number of amides is 1. The van der Waals surface area contributed by atoms with E-state index in [-0.39, 0.29) is 17.6 Å². The highest BCUT2D eigenvalue weighted by Crippen LogP contribution is 2.32. The van der Waals surface area contributed by atoms with Crippen molar-refractivity contribution < 1.29 is 18.7 Å². The van der Waals surface area contributed by atoms with E-state index in [0.717, 1.165) is 16.5 Å². The number of carbonyl (C=O) groups excluding carboxylic acids is 2. The van der Waals surface area contributed by atoms with Crippen LogP contribution in [0, 0.1) is 5.92 Å². The Labute approximate surface area is 160 Å². The molecule has 0 spiro atoms. The minimum atomic E-state index is -0.653. The Morgan fingerprint density at radius 3 is 2.78 bits per heavy atom. The van der Waals surface area contributed by atoms with E-state index >= 15 is 0 Å². The number of furan rings is 1. The molecule has 0 unspecified atom stereocenters. The molecule has 0 aliphatic rings. The summed E-state index contributed by atoms with van der Waals surface area (Å²) in [4.78, 5) is 32.7. The van der Waals surface area contributed by atoms with Crippen LogP contribution < -0.4 is 5.32 Å². The highest BCUT2D eigenvalue weighted by atomic mass is 32.2. The number of hydrogen-bond acceptors (Lipinski definition) is 7. The highest BCUT2D eigenvalue weighted by molar-refractivity contribution is 8.00. The van der Waals surface area contributed by atoms with E-state index in [4.69, 9.17) is 9.15 Å². The van der Waals surface area contributed by atoms with Crippen LogP contribution >= 0.6 is 11.8 Å². The maximum atomic E-state index is 12.3. The number of esters is 1. The van der Waals surface area contributed by atoms with E-state index < -0.39 is 12.0 Å². The van der Waals surface area contributed by atoms with Gasteiger partial charge in [-0.25, -0.2) is 14.8 Å². The summed E-state index contributed by atoms with van der Waals surface area (Å²) in [6, 6.07) is 6.95. The Morgan fingerprint density at radius 1 is 1.26 bits per heavy atom. The van der Waals surface area contributed by atoms with Crippen molar-refractivity contribution in [2.45, 2.75) is 31.3 Å². The van der Waals surface area contributed by atoms with Crippen LogP contribution in [0.15, 0.2) is 40.0 Å². The summed E-state index contributed by atoms with van der Waals surface area (Å²) < 4.78 is 10.6. The molecular weight excluding hydrogens is 366 g/mol. The van der Waals surface area contributed by atoms with Gasteiger partial charge in [0.25, 0.3) is 0 Å². The summed E-state index contributed by atoms with van der Waals surface area (Å²) in [6.45, 7) is 3.96. The number of benzene rings is 1. The maximum absolute atomic E-state index is 12.3. The van der Waals surface area contributed by atoms with Gasteiger partial charge in [0, 0.05) is 5.39 Å². The molecule has 0 saturated heterocycles. The van der Waals surface area contributed by atoms with Gasteiger partial charge in [-0.2, -0.15) is 0 Å². The summed E-state index contributed by atoms with van der Waals surface area (Å²) >= 11 is 1.24. The Bertz CT molecular complexity index is 970. The van der Waals surface area contributed by atoms with Gasteiger partial charge in [0.15, 0.2) is 5.58 Å². The normalized spacial score (nSPS) is 12.4. The Kier molecular flexibility index (Phi) is 5.95. The van der Waals surface area contributed by atoms with Gasteiger partial charge in [-0.15, -0.1) is 0 Å². The number of nitrogens with zero attached hydrogens (tertiary/aromatic N) is 2. The molecule has 0 saturated carbocycles. The van der Waals surface area contributed by atoms with E-state index in [1.807, 2.05) is 38.1 Å². The minimum absolute atomic E-state index is 0.106. The fraction of sp³-hybridized carbons (Fsp3) is 0.368. The Morgan fingerprint density at radius 2 is 2.04 bits per heavy atom. The van der Waals surface area contributed by atoms with E-state index in [1.165, 1.54) is 25.2 Å². The average molecular weight is 387 g/mol. The predicted molar refractivity (Wildman–Crippen MR) is 103 cm³/mol. The van der Waals surface area contributed by atoms with Crippen LogP contribution in [0.2, 0.25) is 0 Å². The summed E-state index contributed by atoms with van der Waals surface area (Å²) in [6.07, 6.45) is 1.98. The fourth-order valence-corrected chi connectivity index (χ4v) is 3.55. The van der Waals surface area contributed by atoms with E-state index in [9.17, 15) is 9.59 Å². The lowest BCUT2D eigenvalue weighted by Gasteiger charge is -2.18. The number of methoxy groups -OCH3 is 1. The van der Waals surface area contributed by atoms with Gasteiger partial charge >= 0.3 is 5.97 Å². The van der Waals surface area contributed by atoms with Gasteiger partial charge in [0.05, 0.1) is 12.9 Å². The van der Waals surface area contributed by atoms with Crippen LogP contribution in [-0.2, 0) is 14.3 Å². The summed E-state index contributed by atoms with van der Waals surface area (Å²) in [5.74, 6) is -0.351. The Balaban J connectivity index is 1.72. The lowest BCUT2D eigenvalue weighted by Crippen LogP contribution is -2.43. The molecule has 142 valence electrons. The second kappa shape index (κ2) is 8.39. The molecule has 1 N–H and O–H groups in total. The van der Waals surface area contributed by atoms with Crippen molar-refractivity contribution >= 4 is 45.7 Å². The second-order valence-corrected chi connectivity index (χ2v) is 7.48. The molecule has 7 nitrogen and oxygen atoms in total. The van der Waals surface area contributed by atoms with Crippen LogP contribution in [0.3, 0.4) is 0 Å². The first-order valence-corrected chi connectivity index (χ1v) is 9.60. The van der Waals surface area contributed by atoms with Gasteiger partial charge in [-0.3, -0.25) is 4.79 Å². The smallest absolute Gasteiger partial charge is 0.328 e. The zero-order valence-corrected chi connectivity index (χ0v) is 16.2. The molecule has 1 atom stereocenters. The molecular formula is C19H21N3O4S. The lowest BCUT2D eigenvalue weighted by molar-refractivity contribution is -0.145. The molecule has 2 aromatic heterocycles. The third kappa shape index (κ3) is 4.39. The van der Waals surface area contributed by atoms with E-state index in [1.54, 1.807) is 0 Å². The summed E-state index contributed by atoms with van der Waals surface area (Å²) in [5, 5.41) is 4.23. The van der Waals surface area contributed by atoms with Crippen molar-refractivity contribution in [3.05, 3.63) is 30.6 Å². The molecule has 0 radical (unpaired) electrons. The van der Waals surface area contributed by atoms with Gasteiger partial charge in [-0.05, 0) is 24.5 Å². The van der Waals surface area contributed by atoms with Crippen molar-refractivity contribution in [3.8, 4) is 0 Å². The number of ether oxygens (including phenoxy) is 1. The SMILES string of the molecule is COC(=O)[C@H](CC(C)C)NC(=O)CSc1ncnc2c1oc1ccccc12. The van der Waals surface area contributed by atoms with Crippen molar-refractivity contribution in [1.82, 2.24) is 15.3 Å². The monoisotopic (exact) mass is 387 g/mol. The van der Waals surface area contributed by atoms with Crippen LogP contribution in [0.1, 0.15) is 20.3 Å². The van der Waals surface area contributed by atoms with E-state index in [0.29, 0.717) is 17.0 Å². The predicted octanol–water partition coefficient (Wildman–Crippen LogP) is 3.17. The zero-order valence-electron chi connectivity index (χ0n) is 15.4. The van der Waals surface area contributed by atoms with Crippen molar-refractivity contribution in [2.75, 3.05) is 12.9 Å². The minimum Gasteiger partial charge on any atom is -0.467 e. The molecule has 3 rings (SSSR count). The molecule has 0 aliphatic carbocycles. The number of rotatable bonds is 7. The number of aromatic nitrogens is 2. The maximum Gasteiger partial charge on any atom is 0.328 e. The van der Waals surface area contributed by atoms with Crippen molar-refractivity contribution in [1.29, 1.82) is 0 Å². The fourth-order valence-electron chi connectivity index (χ4n) is 2.80. The number of carbonyl (C=O) groups is 2. The molecule has 2 heterocycles. The molecule has 0 bridgehead atoms. The third-order valence-corrected chi connectivity index (χ3v) is 4.96. The number of fused-ring (bicyclic) bond motifs is 3. The van der Waals surface area contributed by atoms with E-state index in [2.05, 4.69) is 15.3 Å². The first-order chi connectivity index (χ1) is 13.0. The molecule has 0 fully saturated rings. The summed E-state index contributed by atoms with van der Waals surface area (Å²) in [7, 11) is 1.32. The molecule has 1 amide bonds. The zero-order chi connectivity index (χ0) is 19.4. The second-order valence-electron chi connectivity index (χ2n) is 6.52. The van der Waals surface area contributed by atoms with Crippen LogP contribution in [-0.4, -0.2) is 40.7 Å². The van der Waals surface area contributed by atoms with Gasteiger partial charge in [0.2, 0.25) is 5.91 Å². The molecule has 1 aromatic carbocycles. The molecule has 27 heavy (non-hydrogen) atoms. The topological polar surface area (TPSA) is 94.3 Å². The van der Waals surface area contributed by atoms with Crippen molar-refractivity contribution in [3.63, 3.8) is 0 Å². The van der Waals surface area contributed by atoms with Gasteiger partial charge in [-0.1, -0.05) is 37.7 Å². The average Bonchev–Trinajstić information content (AvgIpc) is 3.04. The third-order valence-electron chi connectivity index (χ3n) is 3.99. The molecule has 8 heteroatoms. The number of para-hydroxylation sites is 1. The van der Waals surface area contributed by atoms with Gasteiger partial charge in [0.1, 0.15) is 28.5 Å². The number of hydrogen-bond donors (Lipinski definition) is 1. The Hall–Kier alpha value is -2.61. The number of nitrogens with one attached hydrogen (secondary N) is 1. The quantitative estimate of drug-likeness (QED) is 0.378. The van der Waals surface area contributed by atoms with Crippen LogP contribution in [0.4, 0.5) is 0 Å². The largest absolute Gasteiger partial charge is 0.467 e. The standard InChI is InChI=1S/C19H21N3O4S/c1-11(2)8-13(19(24)25-3)22-15(23)9-27-18-17-16(20-10-21-18)12-6-4-5-7-14(12)26-17/h4-7,10-11,13H,8-9H2,1-3H3,(H,22,23)/t13-/m0/s1. The van der Waals surface area contributed by atoms with Crippen LogP contribution in [0.25, 0.3) is 22.1 Å². The first kappa shape index (κ1) is 19.2. The van der Waals surface area contributed by atoms with Crippen LogP contribution in [0.5, 0.6) is 0 Å². The highest BCUT2D eigenvalue weighted by Gasteiger charge is 2.23.